The van der Waals surface area contributed by atoms with Gasteiger partial charge in [-0.2, -0.15) is 5.10 Å². The molecule has 1 aliphatic rings. The summed E-state index contributed by atoms with van der Waals surface area (Å²) in [6.07, 6.45) is 4.70. The SMILES string of the molecule is CSC(=O)N/N=C/[C@@H]1CCN(C)C1.NC(=O)c1ccc(OCc2ccccc2-c2ccccc2)cc1. The van der Waals surface area contributed by atoms with E-state index in [2.05, 4.69) is 46.7 Å². The van der Waals surface area contributed by atoms with Gasteiger partial charge in [-0.1, -0.05) is 66.4 Å². The molecule has 36 heavy (non-hydrogen) atoms. The van der Waals surface area contributed by atoms with Crippen molar-refractivity contribution >= 4 is 29.1 Å². The highest BCUT2D eigenvalue weighted by molar-refractivity contribution is 8.12. The van der Waals surface area contributed by atoms with Crippen LogP contribution >= 0.6 is 11.8 Å². The highest BCUT2D eigenvalue weighted by atomic mass is 32.2. The van der Waals surface area contributed by atoms with Gasteiger partial charge in [0.05, 0.1) is 0 Å². The van der Waals surface area contributed by atoms with E-state index in [0.29, 0.717) is 23.8 Å². The van der Waals surface area contributed by atoms with E-state index in [-0.39, 0.29) is 5.24 Å². The fourth-order valence-corrected chi connectivity index (χ4v) is 3.90. The third-order valence-corrected chi connectivity index (χ3v) is 6.15. The zero-order valence-electron chi connectivity index (χ0n) is 20.6. The van der Waals surface area contributed by atoms with Crippen molar-refractivity contribution in [2.45, 2.75) is 13.0 Å². The third kappa shape index (κ3) is 8.55. The number of rotatable bonds is 7. The number of thioether (sulfide) groups is 1. The Bertz CT molecular complexity index is 1150. The molecular weight excluding hydrogens is 472 g/mol. The van der Waals surface area contributed by atoms with E-state index in [4.69, 9.17) is 10.5 Å². The Labute approximate surface area is 216 Å². The van der Waals surface area contributed by atoms with Crippen LogP contribution in [0.3, 0.4) is 0 Å². The molecule has 0 aromatic heterocycles. The van der Waals surface area contributed by atoms with Crippen molar-refractivity contribution in [2.24, 2.45) is 16.8 Å². The molecule has 1 aliphatic heterocycles. The Balaban J connectivity index is 0.000000236. The predicted molar refractivity (Wildman–Crippen MR) is 147 cm³/mol. The standard InChI is InChI=1S/C20H17NO2.C8H15N3OS/c21-20(22)16-10-12-18(13-11-16)23-14-17-8-4-5-9-19(17)15-6-2-1-3-7-15;1-11-4-3-7(6-11)5-9-10-8(12)13-2/h1-13H,14H2,(H2,21,22);5,7H,3-4,6H2,1-2H3,(H,10,12)/b;9-5+/t;7-/m.0/s1. The van der Waals surface area contributed by atoms with Gasteiger partial charge in [0.2, 0.25) is 5.91 Å². The summed E-state index contributed by atoms with van der Waals surface area (Å²) in [4.78, 5) is 24.1. The van der Waals surface area contributed by atoms with E-state index in [1.807, 2.05) is 36.5 Å². The van der Waals surface area contributed by atoms with Crippen LogP contribution in [-0.2, 0) is 6.61 Å². The molecule has 0 saturated carbocycles. The van der Waals surface area contributed by atoms with Gasteiger partial charge in [0.25, 0.3) is 5.24 Å². The number of benzene rings is 3. The van der Waals surface area contributed by atoms with Gasteiger partial charge in [-0.25, -0.2) is 5.43 Å². The van der Waals surface area contributed by atoms with Gasteiger partial charge in [0.1, 0.15) is 12.4 Å². The quantitative estimate of drug-likeness (QED) is 0.348. The number of carbonyl (C=O) groups excluding carboxylic acids is 2. The first-order valence-electron chi connectivity index (χ1n) is 11.7. The predicted octanol–water partition coefficient (Wildman–Crippen LogP) is 5.03. The average Bonchev–Trinajstić information content (AvgIpc) is 3.33. The highest BCUT2D eigenvalue weighted by Crippen LogP contribution is 2.25. The minimum absolute atomic E-state index is 0.109. The average molecular weight is 505 g/mol. The third-order valence-electron chi connectivity index (χ3n) is 5.69. The summed E-state index contributed by atoms with van der Waals surface area (Å²) in [7, 11) is 2.09. The number of carbonyl (C=O) groups is 2. The topological polar surface area (TPSA) is 97.0 Å². The highest BCUT2D eigenvalue weighted by Gasteiger charge is 2.17. The molecule has 188 valence electrons. The van der Waals surface area contributed by atoms with E-state index in [0.717, 1.165) is 48.0 Å². The fraction of sp³-hybridized carbons (Fsp3) is 0.250. The molecule has 0 bridgehead atoms. The molecule has 0 spiro atoms. The van der Waals surface area contributed by atoms with Gasteiger partial charge < -0.3 is 15.4 Å². The Morgan fingerprint density at radius 3 is 2.42 bits per heavy atom. The Morgan fingerprint density at radius 2 is 1.78 bits per heavy atom. The second kappa shape index (κ2) is 14.1. The molecule has 3 aromatic rings. The van der Waals surface area contributed by atoms with Crippen molar-refractivity contribution in [1.82, 2.24) is 10.3 Å². The lowest BCUT2D eigenvalue weighted by Crippen LogP contribution is -2.16. The molecule has 2 amide bonds. The molecule has 0 radical (unpaired) electrons. The van der Waals surface area contributed by atoms with E-state index < -0.39 is 5.91 Å². The smallest absolute Gasteiger partial charge is 0.298 e. The van der Waals surface area contributed by atoms with Crippen molar-refractivity contribution in [3.8, 4) is 16.9 Å². The number of nitrogens with two attached hydrogens (primary N) is 1. The van der Waals surface area contributed by atoms with Crippen molar-refractivity contribution in [1.29, 1.82) is 0 Å². The van der Waals surface area contributed by atoms with Crippen LogP contribution in [0.2, 0.25) is 0 Å². The number of likely N-dealkylation sites (tertiary alicyclic amines) is 1. The molecule has 1 fully saturated rings. The molecule has 1 saturated heterocycles. The molecule has 3 N–H and O–H groups in total. The van der Waals surface area contributed by atoms with Crippen LogP contribution in [0.5, 0.6) is 5.75 Å². The number of primary amides is 1. The Hall–Kier alpha value is -3.62. The zero-order valence-corrected chi connectivity index (χ0v) is 21.4. The van der Waals surface area contributed by atoms with Gasteiger partial charge >= 0.3 is 0 Å². The monoisotopic (exact) mass is 504 g/mol. The van der Waals surface area contributed by atoms with Gasteiger partial charge in [0.15, 0.2) is 0 Å². The number of hydrogen-bond acceptors (Lipinski definition) is 6. The number of ether oxygens (including phenoxy) is 1. The van der Waals surface area contributed by atoms with Crippen LogP contribution in [0.15, 0.2) is 84.0 Å². The summed E-state index contributed by atoms with van der Waals surface area (Å²) in [6.45, 7) is 2.62. The molecular formula is C28H32N4O3S. The first-order chi connectivity index (χ1) is 17.5. The van der Waals surface area contributed by atoms with E-state index in [1.165, 1.54) is 0 Å². The molecule has 0 unspecified atom stereocenters. The Morgan fingerprint density at radius 1 is 1.08 bits per heavy atom. The molecule has 4 rings (SSSR count). The van der Waals surface area contributed by atoms with E-state index in [9.17, 15) is 9.59 Å². The minimum Gasteiger partial charge on any atom is -0.489 e. The summed E-state index contributed by atoms with van der Waals surface area (Å²) < 4.78 is 5.84. The number of nitrogens with zero attached hydrogens (tertiary/aromatic N) is 2. The fourth-order valence-electron chi connectivity index (χ4n) is 3.75. The summed E-state index contributed by atoms with van der Waals surface area (Å²) in [6, 6.07) is 25.2. The summed E-state index contributed by atoms with van der Waals surface area (Å²) >= 11 is 1.13. The number of hydrazone groups is 1. The largest absolute Gasteiger partial charge is 0.489 e. The summed E-state index contributed by atoms with van der Waals surface area (Å²) in [5.41, 5.74) is 11.6. The second-order valence-electron chi connectivity index (χ2n) is 8.39. The Kier molecular flexibility index (Phi) is 10.5. The van der Waals surface area contributed by atoms with Gasteiger partial charge in [-0.3, -0.25) is 9.59 Å². The lowest BCUT2D eigenvalue weighted by atomic mass is 10.0. The molecule has 1 atom stereocenters. The lowest BCUT2D eigenvalue weighted by molar-refractivity contribution is 0.1000. The van der Waals surface area contributed by atoms with Crippen LogP contribution in [0, 0.1) is 5.92 Å². The molecule has 3 aromatic carbocycles. The molecule has 8 heteroatoms. The number of amides is 2. The van der Waals surface area contributed by atoms with Crippen molar-refractivity contribution < 1.29 is 14.3 Å². The molecule has 1 heterocycles. The minimum atomic E-state index is -0.439. The zero-order chi connectivity index (χ0) is 25.8. The van der Waals surface area contributed by atoms with Crippen LogP contribution in [0.25, 0.3) is 11.1 Å². The lowest BCUT2D eigenvalue weighted by Gasteiger charge is -2.11. The number of nitrogens with one attached hydrogen (secondary N) is 1. The van der Waals surface area contributed by atoms with Crippen molar-refractivity contribution in [3.63, 3.8) is 0 Å². The first kappa shape index (κ1) is 27.0. The van der Waals surface area contributed by atoms with E-state index in [1.54, 1.807) is 30.5 Å². The van der Waals surface area contributed by atoms with Gasteiger partial charge in [0, 0.05) is 24.2 Å². The summed E-state index contributed by atoms with van der Waals surface area (Å²) in [5, 5.41) is 3.78. The van der Waals surface area contributed by atoms with Crippen LogP contribution in [0.1, 0.15) is 22.3 Å². The van der Waals surface area contributed by atoms with Crippen LogP contribution < -0.4 is 15.9 Å². The molecule has 7 nitrogen and oxygen atoms in total. The summed E-state index contributed by atoms with van der Waals surface area (Å²) in [5.74, 6) is 0.760. The number of hydrogen-bond donors (Lipinski definition) is 2. The van der Waals surface area contributed by atoms with Crippen molar-refractivity contribution in [2.75, 3.05) is 26.4 Å². The maximum absolute atomic E-state index is 11.1. The molecule has 0 aliphatic carbocycles. The van der Waals surface area contributed by atoms with Gasteiger partial charge in [-0.15, -0.1) is 0 Å². The first-order valence-corrected chi connectivity index (χ1v) is 12.9. The maximum Gasteiger partial charge on any atom is 0.298 e. The second-order valence-corrected chi connectivity index (χ2v) is 9.17. The normalized spacial score (nSPS) is 15.2. The van der Waals surface area contributed by atoms with E-state index >= 15 is 0 Å². The maximum atomic E-state index is 11.1. The van der Waals surface area contributed by atoms with Crippen LogP contribution in [0.4, 0.5) is 4.79 Å². The van der Waals surface area contributed by atoms with Gasteiger partial charge in [-0.05, 0) is 67.2 Å². The van der Waals surface area contributed by atoms with Crippen molar-refractivity contribution in [3.05, 3.63) is 90.0 Å². The van der Waals surface area contributed by atoms with Crippen LogP contribution in [-0.4, -0.2) is 48.7 Å².